The molecule has 0 radical (unpaired) electrons. The Balaban J connectivity index is 0. The van der Waals surface area contributed by atoms with Crippen LogP contribution in [0, 0.1) is 0 Å². The molecule has 0 aromatic carbocycles. The van der Waals surface area contributed by atoms with Gasteiger partial charge in [0.2, 0.25) is 0 Å². The summed E-state index contributed by atoms with van der Waals surface area (Å²) < 4.78 is 0. The first kappa shape index (κ1) is 19.0. The van der Waals surface area contributed by atoms with Crippen LogP contribution in [0.15, 0.2) is 12.2 Å². The van der Waals surface area contributed by atoms with Crippen LogP contribution in [-0.4, -0.2) is 43.8 Å². The summed E-state index contributed by atoms with van der Waals surface area (Å²) in [7, 11) is -2.17. The minimum Gasteiger partial charge on any atom is -0.402 e. The van der Waals surface area contributed by atoms with E-state index in [1.807, 2.05) is 0 Å². The number of hydrogen-bond acceptors (Lipinski definition) is 5. The van der Waals surface area contributed by atoms with Crippen molar-refractivity contribution in [2.75, 3.05) is 0 Å². The predicted octanol–water partition coefficient (Wildman–Crippen LogP) is 0.203. The summed E-state index contributed by atoms with van der Waals surface area (Å²) in [6.07, 6.45) is 8.50. The highest BCUT2D eigenvalue weighted by atomic mass is 16.5. The van der Waals surface area contributed by atoms with Crippen molar-refractivity contribution < 1.29 is 25.3 Å². The lowest BCUT2D eigenvalue weighted by molar-refractivity contribution is -0.107. The van der Waals surface area contributed by atoms with Gasteiger partial charge in [0.05, 0.1) is 11.2 Å². The van der Waals surface area contributed by atoms with Gasteiger partial charge in [-0.3, -0.25) is 0 Å². The average Bonchev–Trinajstić information content (AvgIpc) is 2.53. The second kappa shape index (κ2) is 8.66. The van der Waals surface area contributed by atoms with E-state index in [1.165, 1.54) is 19.3 Å². The first-order chi connectivity index (χ1) is 7.48. The molecule has 0 saturated heterocycles. The molecule has 6 heteroatoms. The Bertz CT molecular complexity index is 182. The lowest BCUT2D eigenvalue weighted by atomic mass is 9.90. The van der Waals surface area contributed by atoms with Crippen LogP contribution in [-0.2, 0) is 0 Å². The van der Waals surface area contributed by atoms with Crippen LogP contribution in [0.3, 0.4) is 0 Å². The van der Waals surface area contributed by atoms with Crippen LogP contribution < -0.4 is 0 Å². The highest BCUT2D eigenvalue weighted by Crippen LogP contribution is 2.19. The van der Waals surface area contributed by atoms with Gasteiger partial charge in [-0.1, -0.05) is 12.2 Å². The highest BCUT2D eigenvalue weighted by Gasteiger charge is 2.31. The third-order valence-electron chi connectivity index (χ3n) is 2.41. The van der Waals surface area contributed by atoms with E-state index >= 15 is 0 Å². The average molecular weight is 248 g/mol. The standard InChI is InChI=1S/C6H14O2.C5H8.BH3O3/c1-5(2,7)6(3,4)8;1-2-4-5-3-1;2-1(3)4/h7-8H,1-4H3;1-2H,3-5H2;2-4H. The Morgan fingerprint density at radius 1 is 0.824 bits per heavy atom. The molecule has 0 saturated carbocycles. The number of hydrogen-bond donors (Lipinski definition) is 5. The molecule has 1 rings (SSSR count). The second-order valence-corrected chi connectivity index (χ2v) is 4.87. The van der Waals surface area contributed by atoms with Crippen LogP contribution >= 0.6 is 0 Å². The van der Waals surface area contributed by atoms with Crippen molar-refractivity contribution in [1.82, 2.24) is 0 Å². The van der Waals surface area contributed by atoms with E-state index in [0.29, 0.717) is 0 Å². The van der Waals surface area contributed by atoms with E-state index in [0.717, 1.165) is 0 Å². The fraction of sp³-hybridized carbons (Fsp3) is 0.818. The van der Waals surface area contributed by atoms with E-state index < -0.39 is 18.5 Å². The molecule has 1 aliphatic carbocycles. The van der Waals surface area contributed by atoms with Crippen molar-refractivity contribution in [3.63, 3.8) is 0 Å². The molecule has 0 aromatic rings. The molecule has 0 aliphatic heterocycles. The molecule has 0 unspecified atom stereocenters. The van der Waals surface area contributed by atoms with E-state index in [-0.39, 0.29) is 0 Å². The quantitative estimate of drug-likeness (QED) is 0.337. The first-order valence-electron chi connectivity index (χ1n) is 5.62. The summed E-state index contributed by atoms with van der Waals surface area (Å²) in [5.74, 6) is 0. The molecule has 1 aliphatic rings. The van der Waals surface area contributed by atoms with Gasteiger partial charge in [0.15, 0.2) is 0 Å². The van der Waals surface area contributed by atoms with Crippen molar-refractivity contribution >= 4 is 7.32 Å². The topological polar surface area (TPSA) is 101 Å². The Morgan fingerprint density at radius 2 is 1.06 bits per heavy atom. The third-order valence-corrected chi connectivity index (χ3v) is 2.41. The van der Waals surface area contributed by atoms with Crippen LogP contribution in [0.5, 0.6) is 0 Å². The zero-order chi connectivity index (χ0) is 14.1. The smallest absolute Gasteiger partial charge is 0.402 e. The van der Waals surface area contributed by atoms with Gasteiger partial charge >= 0.3 is 7.32 Å². The zero-order valence-corrected chi connectivity index (χ0v) is 11.1. The third kappa shape index (κ3) is 15.6. The summed E-state index contributed by atoms with van der Waals surface area (Å²) in [5.41, 5.74) is -2.01. The minimum atomic E-state index is -2.17. The zero-order valence-electron chi connectivity index (χ0n) is 11.1. The van der Waals surface area contributed by atoms with Gasteiger partial charge in [0.1, 0.15) is 0 Å². The van der Waals surface area contributed by atoms with Gasteiger partial charge in [-0.2, -0.15) is 0 Å². The number of allylic oxidation sites excluding steroid dienone is 2. The molecule has 0 fully saturated rings. The van der Waals surface area contributed by atoms with Gasteiger partial charge in [-0.15, -0.1) is 0 Å². The van der Waals surface area contributed by atoms with Crippen LogP contribution in [0.25, 0.3) is 0 Å². The van der Waals surface area contributed by atoms with Crippen molar-refractivity contribution in [2.45, 2.75) is 58.2 Å². The second-order valence-electron chi connectivity index (χ2n) is 4.87. The van der Waals surface area contributed by atoms with Crippen molar-refractivity contribution in [3.05, 3.63) is 12.2 Å². The lowest BCUT2D eigenvalue weighted by Crippen LogP contribution is -2.44. The molecule has 5 N–H and O–H groups in total. The molecule has 0 amide bonds. The SMILES string of the molecule is C1=CCCC1.CC(C)(O)C(C)(C)O.OB(O)O. The van der Waals surface area contributed by atoms with E-state index in [1.54, 1.807) is 27.7 Å². The summed E-state index contributed by atoms with van der Waals surface area (Å²) in [4.78, 5) is 0. The molecule has 17 heavy (non-hydrogen) atoms. The Morgan fingerprint density at radius 3 is 1.12 bits per heavy atom. The van der Waals surface area contributed by atoms with Crippen LogP contribution in [0.4, 0.5) is 0 Å². The van der Waals surface area contributed by atoms with Crippen molar-refractivity contribution in [2.24, 2.45) is 0 Å². The molecule has 5 nitrogen and oxygen atoms in total. The molecular weight excluding hydrogens is 223 g/mol. The van der Waals surface area contributed by atoms with E-state index in [2.05, 4.69) is 12.2 Å². The minimum absolute atomic E-state index is 1.01. The Labute approximate surface area is 104 Å². The fourth-order valence-electron chi connectivity index (χ4n) is 0.589. The molecule has 102 valence electrons. The first-order valence-corrected chi connectivity index (χ1v) is 5.62. The molecule has 0 aromatic heterocycles. The van der Waals surface area contributed by atoms with Gasteiger partial charge < -0.3 is 25.3 Å². The maximum Gasteiger partial charge on any atom is 0.631 e. The molecule has 0 heterocycles. The Kier molecular flexibility index (Phi) is 9.66. The lowest BCUT2D eigenvalue weighted by Gasteiger charge is -2.31. The summed E-state index contributed by atoms with van der Waals surface area (Å²) in [5, 5.41) is 39.7. The monoisotopic (exact) mass is 248 g/mol. The molecule has 0 bridgehead atoms. The molecule has 0 atom stereocenters. The highest BCUT2D eigenvalue weighted by molar-refractivity contribution is 6.30. The van der Waals surface area contributed by atoms with Crippen molar-refractivity contribution in [3.8, 4) is 0 Å². The van der Waals surface area contributed by atoms with Crippen LogP contribution in [0.2, 0.25) is 0 Å². The van der Waals surface area contributed by atoms with E-state index in [4.69, 9.17) is 25.3 Å². The van der Waals surface area contributed by atoms with Crippen molar-refractivity contribution in [1.29, 1.82) is 0 Å². The van der Waals surface area contributed by atoms with Gasteiger partial charge in [0.25, 0.3) is 0 Å². The largest absolute Gasteiger partial charge is 0.631 e. The summed E-state index contributed by atoms with van der Waals surface area (Å²) >= 11 is 0. The maximum atomic E-state index is 9.10. The Hall–Kier alpha value is -0.395. The molecular formula is C11H25BO5. The van der Waals surface area contributed by atoms with E-state index in [9.17, 15) is 0 Å². The van der Waals surface area contributed by atoms with Gasteiger partial charge in [-0.05, 0) is 47.0 Å². The number of rotatable bonds is 1. The predicted molar refractivity (Wildman–Crippen MR) is 68.0 cm³/mol. The molecule has 0 spiro atoms. The summed E-state index contributed by atoms with van der Waals surface area (Å²) in [6, 6.07) is 0. The number of aliphatic hydroxyl groups is 2. The fourth-order valence-corrected chi connectivity index (χ4v) is 0.589. The van der Waals surface area contributed by atoms with Gasteiger partial charge in [0, 0.05) is 0 Å². The summed E-state index contributed by atoms with van der Waals surface area (Å²) in [6.45, 7) is 6.31. The van der Waals surface area contributed by atoms with Gasteiger partial charge in [-0.25, -0.2) is 0 Å². The normalized spacial score (nSPS) is 14.4. The van der Waals surface area contributed by atoms with Crippen LogP contribution in [0.1, 0.15) is 47.0 Å². The maximum absolute atomic E-state index is 9.10.